The number of para-hydroxylation sites is 2. The minimum Gasteiger partial charge on any atom is -0.489 e. The summed E-state index contributed by atoms with van der Waals surface area (Å²) in [6.07, 6.45) is 1.57. The van der Waals surface area contributed by atoms with Crippen LogP contribution in [-0.4, -0.2) is 28.5 Å². The van der Waals surface area contributed by atoms with Gasteiger partial charge in [-0.1, -0.05) is 54.2 Å². The molecule has 1 atom stereocenters. The Morgan fingerprint density at radius 1 is 1.10 bits per heavy atom. The zero-order valence-corrected chi connectivity index (χ0v) is 17.5. The number of rotatable bonds is 5. The lowest BCUT2D eigenvalue weighted by Crippen LogP contribution is -2.42. The highest BCUT2D eigenvalue weighted by atomic mass is 32.2. The van der Waals surface area contributed by atoms with Crippen LogP contribution >= 0.6 is 11.8 Å². The summed E-state index contributed by atoms with van der Waals surface area (Å²) in [6.45, 7) is 2.22. The first kappa shape index (κ1) is 19.4. The molecule has 2 aromatic carbocycles. The predicted octanol–water partition coefficient (Wildman–Crippen LogP) is 4.90. The maximum absolute atomic E-state index is 13.4. The number of carbonyl (C=O) groups is 1. The van der Waals surface area contributed by atoms with Gasteiger partial charge in [0.2, 0.25) is 5.91 Å². The Kier molecular flexibility index (Phi) is 5.21. The molecule has 156 valence electrons. The standard InChI is InChI=1S/C23H19N3O4S/c1-15-17(11-12-28-15)22-24-25-23(30-22)31-14-21(27)26-18-9-5-6-10-20(18)29-13-19(26)16-7-3-2-4-8-16/h2-12,19H,13-14H2,1H3/t19-/m1/s1. The van der Waals surface area contributed by atoms with Crippen molar-refractivity contribution in [2.24, 2.45) is 0 Å². The van der Waals surface area contributed by atoms with Gasteiger partial charge in [-0.2, -0.15) is 0 Å². The van der Waals surface area contributed by atoms with E-state index in [1.165, 1.54) is 11.8 Å². The molecule has 7 nitrogen and oxygen atoms in total. The van der Waals surface area contributed by atoms with Crippen molar-refractivity contribution in [2.75, 3.05) is 17.3 Å². The highest BCUT2D eigenvalue weighted by Crippen LogP contribution is 2.40. The Morgan fingerprint density at radius 3 is 2.71 bits per heavy atom. The van der Waals surface area contributed by atoms with E-state index in [4.69, 9.17) is 13.6 Å². The van der Waals surface area contributed by atoms with Crippen molar-refractivity contribution < 1.29 is 18.4 Å². The van der Waals surface area contributed by atoms with Gasteiger partial charge in [0, 0.05) is 0 Å². The van der Waals surface area contributed by atoms with E-state index in [1.54, 1.807) is 17.2 Å². The molecule has 0 radical (unpaired) electrons. The molecule has 0 fully saturated rings. The molecule has 0 spiro atoms. The topological polar surface area (TPSA) is 81.6 Å². The van der Waals surface area contributed by atoms with Crippen LogP contribution in [0.3, 0.4) is 0 Å². The number of hydrogen-bond donors (Lipinski definition) is 0. The molecule has 31 heavy (non-hydrogen) atoms. The molecule has 1 aliphatic rings. The molecule has 2 aromatic heterocycles. The van der Waals surface area contributed by atoms with Gasteiger partial charge in [-0.25, -0.2) is 0 Å². The summed E-state index contributed by atoms with van der Waals surface area (Å²) >= 11 is 1.22. The SMILES string of the molecule is Cc1occc1-c1nnc(SCC(=O)N2c3ccccc3OC[C@@H]2c2ccccc2)o1. The smallest absolute Gasteiger partial charge is 0.277 e. The first-order valence-electron chi connectivity index (χ1n) is 9.80. The number of benzene rings is 2. The molecule has 5 rings (SSSR count). The number of hydrogen-bond acceptors (Lipinski definition) is 7. The predicted molar refractivity (Wildman–Crippen MR) is 116 cm³/mol. The summed E-state index contributed by atoms with van der Waals surface area (Å²) < 4.78 is 16.9. The van der Waals surface area contributed by atoms with Crippen LogP contribution in [0, 0.1) is 6.92 Å². The van der Waals surface area contributed by atoms with Gasteiger partial charge in [0.1, 0.15) is 18.1 Å². The van der Waals surface area contributed by atoms with Crippen LogP contribution in [0.15, 0.2) is 81.0 Å². The van der Waals surface area contributed by atoms with Crippen LogP contribution < -0.4 is 9.64 Å². The van der Waals surface area contributed by atoms with Crippen molar-refractivity contribution in [3.8, 4) is 17.2 Å². The summed E-state index contributed by atoms with van der Waals surface area (Å²) in [7, 11) is 0. The van der Waals surface area contributed by atoms with Crippen molar-refractivity contribution >= 4 is 23.4 Å². The zero-order chi connectivity index (χ0) is 21.2. The lowest BCUT2D eigenvalue weighted by molar-refractivity contribution is -0.117. The van der Waals surface area contributed by atoms with Crippen molar-refractivity contribution in [3.63, 3.8) is 0 Å². The summed E-state index contributed by atoms with van der Waals surface area (Å²) in [4.78, 5) is 15.2. The highest BCUT2D eigenvalue weighted by Gasteiger charge is 2.33. The Morgan fingerprint density at radius 2 is 1.90 bits per heavy atom. The lowest BCUT2D eigenvalue weighted by atomic mass is 10.0. The van der Waals surface area contributed by atoms with Crippen LogP contribution in [0.2, 0.25) is 0 Å². The summed E-state index contributed by atoms with van der Waals surface area (Å²) in [5.74, 6) is 1.87. The Bertz CT molecular complexity index is 1200. The number of aromatic nitrogens is 2. The van der Waals surface area contributed by atoms with E-state index in [0.717, 1.165) is 16.8 Å². The Labute approximate surface area is 183 Å². The van der Waals surface area contributed by atoms with Crippen molar-refractivity contribution in [1.29, 1.82) is 0 Å². The van der Waals surface area contributed by atoms with Crippen molar-refractivity contribution in [2.45, 2.75) is 18.2 Å². The molecular weight excluding hydrogens is 414 g/mol. The number of thioether (sulfide) groups is 1. The van der Waals surface area contributed by atoms with Crippen molar-refractivity contribution in [3.05, 3.63) is 78.3 Å². The first-order chi connectivity index (χ1) is 15.2. The number of carbonyl (C=O) groups excluding carboxylic acids is 1. The van der Waals surface area contributed by atoms with E-state index >= 15 is 0 Å². The highest BCUT2D eigenvalue weighted by molar-refractivity contribution is 7.99. The monoisotopic (exact) mass is 433 g/mol. The quantitative estimate of drug-likeness (QED) is 0.414. The fourth-order valence-electron chi connectivity index (χ4n) is 3.59. The van der Waals surface area contributed by atoms with Gasteiger partial charge < -0.3 is 13.6 Å². The minimum absolute atomic E-state index is 0.0613. The second-order valence-corrected chi connectivity index (χ2v) is 7.95. The van der Waals surface area contributed by atoms with E-state index in [1.807, 2.05) is 61.5 Å². The van der Waals surface area contributed by atoms with E-state index < -0.39 is 0 Å². The van der Waals surface area contributed by atoms with Gasteiger partial charge in [-0.05, 0) is 30.7 Å². The van der Waals surface area contributed by atoms with E-state index in [9.17, 15) is 4.79 Å². The molecule has 1 aliphatic heterocycles. The third kappa shape index (κ3) is 3.82. The molecule has 0 unspecified atom stereocenters. The molecule has 0 bridgehead atoms. The number of fused-ring (bicyclic) bond motifs is 1. The molecule has 4 aromatic rings. The van der Waals surface area contributed by atoms with Gasteiger partial charge in [-0.15, -0.1) is 10.2 Å². The number of amides is 1. The van der Waals surface area contributed by atoms with Crippen LogP contribution in [-0.2, 0) is 4.79 Å². The molecule has 1 amide bonds. The maximum Gasteiger partial charge on any atom is 0.277 e. The molecule has 0 saturated heterocycles. The number of anilines is 1. The van der Waals surface area contributed by atoms with E-state index in [2.05, 4.69) is 10.2 Å². The summed E-state index contributed by atoms with van der Waals surface area (Å²) in [6, 6.07) is 19.0. The molecule has 0 aliphatic carbocycles. The Hall–Kier alpha value is -3.52. The molecule has 0 N–H and O–H groups in total. The van der Waals surface area contributed by atoms with Crippen LogP contribution in [0.4, 0.5) is 5.69 Å². The van der Waals surface area contributed by atoms with Crippen LogP contribution in [0.5, 0.6) is 5.75 Å². The number of ether oxygens (including phenoxy) is 1. The van der Waals surface area contributed by atoms with E-state index in [-0.39, 0.29) is 17.7 Å². The van der Waals surface area contributed by atoms with Gasteiger partial charge >= 0.3 is 0 Å². The molecular formula is C23H19N3O4S. The van der Waals surface area contributed by atoms with Gasteiger partial charge in [-0.3, -0.25) is 9.69 Å². The minimum atomic E-state index is -0.212. The largest absolute Gasteiger partial charge is 0.489 e. The van der Waals surface area contributed by atoms with Gasteiger partial charge in [0.25, 0.3) is 11.1 Å². The fraction of sp³-hybridized carbons (Fsp3) is 0.174. The summed E-state index contributed by atoms with van der Waals surface area (Å²) in [5, 5.41) is 8.46. The van der Waals surface area contributed by atoms with E-state index in [0.29, 0.717) is 29.2 Å². The average Bonchev–Trinajstić information content (AvgIpc) is 3.46. The maximum atomic E-state index is 13.4. The van der Waals surface area contributed by atoms with Gasteiger partial charge in [0.05, 0.1) is 29.3 Å². The Balaban J connectivity index is 1.37. The summed E-state index contributed by atoms with van der Waals surface area (Å²) in [5.41, 5.74) is 2.52. The molecule has 0 saturated carbocycles. The number of furan rings is 1. The van der Waals surface area contributed by atoms with Gasteiger partial charge in [0.15, 0.2) is 0 Å². The molecule has 8 heteroatoms. The van der Waals surface area contributed by atoms with Crippen LogP contribution in [0.25, 0.3) is 11.5 Å². The fourth-order valence-corrected chi connectivity index (χ4v) is 4.22. The molecule has 3 heterocycles. The second-order valence-electron chi connectivity index (χ2n) is 7.02. The number of aryl methyl sites for hydroxylation is 1. The normalized spacial score (nSPS) is 15.4. The third-order valence-electron chi connectivity index (χ3n) is 5.10. The first-order valence-corrected chi connectivity index (χ1v) is 10.8. The van der Waals surface area contributed by atoms with Crippen LogP contribution in [0.1, 0.15) is 17.4 Å². The lowest BCUT2D eigenvalue weighted by Gasteiger charge is -2.37. The average molecular weight is 433 g/mol. The second kappa shape index (κ2) is 8.31. The van der Waals surface area contributed by atoms with Crippen molar-refractivity contribution in [1.82, 2.24) is 10.2 Å². The zero-order valence-electron chi connectivity index (χ0n) is 16.7. The third-order valence-corrected chi connectivity index (χ3v) is 5.90. The number of nitrogens with zero attached hydrogens (tertiary/aromatic N) is 3.